The van der Waals surface area contributed by atoms with Crippen molar-refractivity contribution < 1.29 is 18.8 Å². The van der Waals surface area contributed by atoms with E-state index in [1.54, 1.807) is 0 Å². The summed E-state index contributed by atoms with van der Waals surface area (Å²) in [6.07, 6.45) is 1.37. The number of nitro benzene ring substituents is 1. The first-order chi connectivity index (χ1) is 10.0. The molecule has 0 saturated carbocycles. The van der Waals surface area contributed by atoms with Gasteiger partial charge in [0.25, 0.3) is 5.69 Å². The lowest BCUT2D eigenvalue weighted by Crippen LogP contribution is -1.94. The van der Waals surface area contributed by atoms with Crippen LogP contribution in [-0.4, -0.2) is 12.0 Å². The van der Waals surface area contributed by atoms with E-state index in [0.717, 1.165) is 0 Å². The summed E-state index contributed by atoms with van der Waals surface area (Å²) in [5, 5.41) is 10.6. The van der Waals surface area contributed by atoms with Crippen LogP contribution in [0.1, 0.15) is 5.56 Å². The number of halogens is 1. The molecule has 0 radical (unpaired) electrons. The normalized spacial score (nSPS) is 10.0. The molecule has 21 heavy (non-hydrogen) atoms. The topological polar surface area (TPSA) is 61.6 Å². The molecule has 0 aromatic heterocycles. The van der Waals surface area contributed by atoms with Gasteiger partial charge in [-0.05, 0) is 18.2 Å². The summed E-state index contributed by atoms with van der Waals surface area (Å²) in [4.78, 5) is 10.1. The molecule has 0 aliphatic heterocycles. The number of nitro groups is 1. The summed E-state index contributed by atoms with van der Waals surface area (Å²) < 4.78 is 24.4. The van der Waals surface area contributed by atoms with Crippen LogP contribution >= 0.6 is 0 Å². The van der Waals surface area contributed by atoms with Crippen LogP contribution in [0.25, 0.3) is 6.08 Å². The Labute approximate surface area is 120 Å². The third kappa shape index (κ3) is 3.17. The first-order valence-electron chi connectivity index (χ1n) is 5.97. The van der Waals surface area contributed by atoms with E-state index in [-0.39, 0.29) is 11.4 Å². The van der Waals surface area contributed by atoms with Crippen LogP contribution in [0.2, 0.25) is 0 Å². The van der Waals surface area contributed by atoms with E-state index in [9.17, 15) is 14.5 Å². The zero-order valence-electron chi connectivity index (χ0n) is 11.2. The summed E-state index contributed by atoms with van der Waals surface area (Å²) >= 11 is 0. The third-order valence-electron chi connectivity index (χ3n) is 2.78. The van der Waals surface area contributed by atoms with Crippen LogP contribution in [0.5, 0.6) is 17.2 Å². The van der Waals surface area contributed by atoms with E-state index in [4.69, 9.17) is 9.47 Å². The van der Waals surface area contributed by atoms with E-state index >= 15 is 0 Å². The molecule has 0 unspecified atom stereocenters. The van der Waals surface area contributed by atoms with Gasteiger partial charge in [-0.3, -0.25) is 10.1 Å². The van der Waals surface area contributed by atoms with Gasteiger partial charge in [-0.15, -0.1) is 0 Å². The van der Waals surface area contributed by atoms with Crippen LogP contribution in [0.15, 0.2) is 43.0 Å². The lowest BCUT2D eigenvalue weighted by atomic mass is 10.2. The van der Waals surface area contributed by atoms with Gasteiger partial charge in [-0.1, -0.05) is 12.7 Å². The molecule has 0 saturated heterocycles. The molecule has 5 nitrogen and oxygen atoms in total. The highest BCUT2D eigenvalue weighted by atomic mass is 19.1. The molecule has 2 aromatic carbocycles. The number of methoxy groups -OCH3 is 1. The molecule has 0 spiro atoms. The Morgan fingerprint density at radius 3 is 2.43 bits per heavy atom. The smallest absolute Gasteiger partial charge is 0.269 e. The largest absolute Gasteiger partial charge is 0.493 e. The Balaban J connectivity index is 2.32. The Hall–Kier alpha value is -2.89. The second-order valence-corrected chi connectivity index (χ2v) is 4.08. The van der Waals surface area contributed by atoms with Gasteiger partial charge in [0.2, 0.25) is 0 Å². The van der Waals surface area contributed by atoms with Crippen molar-refractivity contribution in [2.45, 2.75) is 0 Å². The zero-order chi connectivity index (χ0) is 15.4. The minimum Gasteiger partial charge on any atom is -0.493 e. The second kappa shape index (κ2) is 6.04. The maximum atomic E-state index is 13.7. The summed E-state index contributed by atoms with van der Waals surface area (Å²) in [5.74, 6) is 0.353. The monoisotopic (exact) mass is 289 g/mol. The summed E-state index contributed by atoms with van der Waals surface area (Å²) in [6, 6.07) is 8.10. The number of hydrogen-bond donors (Lipinski definition) is 0. The Kier molecular flexibility index (Phi) is 4.18. The van der Waals surface area contributed by atoms with E-state index < -0.39 is 10.7 Å². The molecule has 0 amide bonds. The van der Waals surface area contributed by atoms with Crippen molar-refractivity contribution in [2.24, 2.45) is 0 Å². The van der Waals surface area contributed by atoms with Gasteiger partial charge in [0.15, 0.2) is 11.5 Å². The van der Waals surface area contributed by atoms with Crippen molar-refractivity contribution >= 4 is 11.8 Å². The zero-order valence-corrected chi connectivity index (χ0v) is 11.2. The second-order valence-electron chi connectivity index (χ2n) is 4.08. The number of benzene rings is 2. The minimum absolute atomic E-state index is 0.0532. The highest BCUT2D eigenvalue weighted by Gasteiger charge is 2.12. The predicted molar refractivity (Wildman–Crippen MR) is 76.2 cm³/mol. The Morgan fingerprint density at radius 1 is 1.24 bits per heavy atom. The number of ether oxygens (including phenoxy) is 2. The number of nitrogens with zero attached hydrogens (tertiary/aromatic N) is 1. The summed E-state index contributed by atoms with van der Waals surface area (Å²) in [5.41, 5.74) is 0.241. The van der Waals surface area contributed by atoms with Crippen molar-refractivity contribution in [2.75, 3.05) is 7.11 Å². The van der Waals surface area contributed by atoms with Crippen LogP contribution in [-0.2, 0) is 0 Å². The molecule has 0 fully saturated rings. The van der Waals surface area contributed by atoms with E-state index in [0.29, 0.717) is 17.1 Å². The van der Waals surface area contributed by atoms with Crippen LogP contribution in [0, 0.1) is 15.9 Å². The van der Waals surface area contributed by atoms with Gasteiger partial charge < -0.3 is 9.47 Å². The van der Waals surface area contributed by atoms with E-state index in [2.05, 4.69) is 6.58 Å². The average Bonchev–Trinajstić information content (AvgIpc) is 2.48. The van der Waals surface area contributed by atoms with Crippen molar-refractivity contribution in [3.8, 4) is 17.2 Å². The fourth-order valence-corrected chi connectivity index (χ4v) is 1.71. The number of rotatable bonds is 5. The first kappa shape index (κ1) is 14.5. The lowest BCUT2D eigenvalue weighted by molar-refractivity contribution is -0.384. The highest BCUT2D eigenvalue weighted by molar-refractivity contribution is 5.56. The van der Waals surface area contributed by atoms with Gasteiger partial charge in [0, 0.05) is 23.8 Å². The molecular weight excluding hydrogens is 277 g/mol. The first-order valence-corrected chi connectivity index (χ1v) is 5.97. The number of hydrogen-bond acceptors (Lipinski definition) is 4. The fourth-order valence-electron chi connectivity index (χ4n) is 1.71. The van der Waals surface area contributed by atoms with Gasteiger partial charge in [-0.25, -0.2) is 4.39 Å². The average molecular weight is 289 g/mol. The van der Waals surface area contributed by atoms with Crippen LogP contribution in [0.3, 0.4) is 0 Å². The number of non-ortho nitro benzene ring substituents is 1. The summed E-state index contributed by atoms with van der Waals surface area (Å²) in [6.45, 7) is 3.51. The quantitative estimate of drug-likeness (QED) is 0.612. The molecule has 0 heterocycles. The SMILES string of the molecule is C=Cc1cc(OC)c(Oc2ccc([N+](=O)[O-])cc2)cc1F. The van der Waals surface area contributed by atoms with Crippen LogP contribution in [0.4, 0.5) is 10.1 Å². The van der Waals surface area contributed by atoms with Gasteiger partial charge in [0.1, 0.15) is 11.6 Å². The molecule has 0 atom stereocenters. The molecule has 2 aromatic rings. The minimum atomic E-state index is -0.511. The van der Waals surface area contributed by atoms with Gasteiger partial charge in [0.05, 0.1) is 12.0 Å². The van der Waals surface area contributed by atoms with E-state index in [1.165, 1.54) is 49.6 Å². The fraction of sp³-hybridized carbons (Fsp3) is 0.0667. The Morgan fingerprint density at radius 2 is 1.90 bits per heavy atom. The van der Waals surface area contributed by atoms with Crippen LogP contribution < -0.4 is 9.47 Å². The molecule has 0 aliphatic carbocycles. The summed E-state index contributed by atoms with van der Waals surface area (Å²) in [7, 11) is 1.43. The molecule has 2 rings (SSSR count). The standard InChI is InChI=1S/C15H12FNO4/c1-3-10-8-14(20-2)15(9-13(10)16)21-12-6-4-11(5-7-12)17(18)19/h3-9H,1H2,2H3. The van der Waals surface area contributed by atoms with E-state index in [1.807, 2.05) is 0 Å². The third-order valence-corrected chi connectivity index (χ3v) is 2.78. The van der Waals surface area contributed by atoms with Crippen molar-refractivity contribution in [1.82, 2.24) is 0 Å². The highest BCUT2D eigenvalue weighted by Crippen LogP contribution is 2.34. The maximum Gasteiger partial charge on any atom is 0.269 e. The molecule has 0 aliphatic rings. The molecule has 0 N–H and O–H groups in total. The van der Waals surface area contributed by atoms with Crippen molar-refractivity contribution in [3.63, 3.8) is 0 Å². The van der Waals surface area contributed by atoms with Crippen molar-refractivity contribution in [3.05, 3.63) is 64.5 Å². The van der Waals surface area contributed by atoms with Gasteiger partial charge in [-0.2, -0.15) is 0 Å². The molecule has 108 valence electrons. The molecule has 6 heteroatoms. The Bertz CT molecular complexity index is 683. The molecular formula is C15H12FNO4. The lowest BCUT2D eigenvalue weighted by Gasteiger charge is -2.11. The molecule has 0 bridgehead atoms. The maximum absolute atomic E-state index is 13.7. The van der Waals surface area contributed by atoms with Gasteiger partial charge >= 0.3 is 0 Å². The van der Waals surface area contributed by atoms with Crippen molar-refractivity contribution in [1.29, 1.82) is 0 Å². The predicted octanol–water partition coefficient (Wildman–Crippen LogP) is 4.18.